The Labute approximate surface area is 118 Å². The van der Waals surface area contributed by atoms with E-state index in [-0.39, 0.29) is 11.4 Å². The molecular weight excluding hydrogens is 286 g/mol. The maximum Gasteiger partial charge on any atom is 0.318 e. The molecule has 8 nitrogen and oxygen atoms in total. The van der Waals surface area contributed by atoms with Gasteiger partial charge in [-0.2, -0.15) is 9.40 Å². The lowest BCUT2D eigenvalue weighted by Gasteiger charge is -2.18. The summed E-state index contributed by atoms with van der Waals surface area (Å²) in [7, 11) is -2.30. The molecule has 1 aromatic heterocycles. The number of carboxylic acid groups (broad SMARTS) is 1. The van der Waals surface area contributed by atoms with Crippen LogP contribution in [0.3, 0.4) is 0 Å². The van der Waals surface area contributed by atoms with Crippen molar-refractivity contribution >= 4 is 16.0 Å². The Kier molecular flexibility index (Phi) is 6.11. The van der Waals surface area contributed by atoms with E-state index in [9.17, 15) is 13.2 Å². The van der Waals surface area contributed by atoms with Gasteiger partial charge in [0.15, 0.2) is 0 Å². The van der Waals surface area contributed by atoms with Gasteiger partial charge in [0.2, 0.25) is 10.0 Å². The molecular formula is C11H19N3O5S. The Balaban J connectivity index is 2.94. The van der Waals surface area contributed by atoms with Crippen molar-refractivity contribution in [2.75, 3.05) is 26.8 Å². The van der Waals surface area contributed by atoms with Crippen LogP contribution < -0.4 is 0 Å². The van der Waals surface area contributed by atoms with E-state index in [1.807, 2.05) is 0 Å². The lowest BCUT2D eigenvalue weighted by atomic mass is 10.5. The fourth-order valence-electron chi connectivity index (χ4n) is 1.62. The van der Waals surface area contributed by atoms with Crippen molar-refractivity contribution < 1.29 is 23.1 Å². The van der Waals surface area contributed by atoms with Gasteiger partial charge in [0.1, 0.15) is 11.4 Å². The smallest absolute Gasteiger partial charge is 0.318 e. The molecule has 0 amide bonds. The predicted molar refractivity (Wildman–Crippen MR) is 70.8 cm³/mol. The number of carbonyl (C=O) groups is 1. The van der Waals surface area contributed by atoms with Gasteiger partial charge in [0.05, 0.1) is 19.3 Å². The Morgan fingerprint density at radius 1 is 1.55 bits per heavy atom. The SMILES string of the molecule is CCCN(CC(=O)O)S(=O)(=O)c1cnn(CCOC)c1. The number of rotatable bonds is 9. The minimum atomic E-state index is -3.83. The van der Waals surface area contributed by atoms with Crippen LogP contribution in [0.4, 0.5) is 0 Å². The first kappa shape index (κ1) is 16.6. The van der Waals surface area contributed by atoms with Crippen molar-refractivity contribution in [3.05, 3.63) is 12.4 Å². The average Bonchev–Trinajstić information content (AvgIpc) is 2.84. The van der Waals surface area contributed by atoms with E-state index in [0.29, 0.717) is 19.6 Å². The second-order valence-electron chi connectivity index (χ2n) is 4.16. The van der Waals surface area contributed by atoms with Crippen LogP contribution in [0.2, 0.25) is 0 Å². The van der Waals surface area contributed by atoms with Gasteiger partial charge >= 0.3 is 5.97 Å². The molecule has 0 spiro atoms. The summed E-state index contributed by atoms with van der Waals surface area (Å²) in [5.74, 6) is -1.19. The predicted octanol–water partition coefficient (Wildman–Crippen LogP) is 0.0148. The van der Waals surface area contributed by atoms with Crippen molar-refractivity contribution in [3.63, 3.8) is 0 Å². The second kappa shape index (κ2) is 7.36. The van der Waals surface area contributed by atoms with Crippen molar-refractivity contribution in [2.24, 2.45) is 0 Å². The van der Waals surface area contributed by atoms with Crippen LogP contribution in [0.15, 0.2) is 17.3 Å². The number of ether oxygens (including phenoxy) is 1. The van der Waals surface area contributed by atoms with Gasteiger partial charge in [0.25, 0.3) is 0 Å². The van der Waals surface area contributed by atoms with Crippen LogP contribution in [0.25, 0.3) is 0 Å². The number of hydrogen-bond donors (Lipinski definition) is 1. The molecule has 0 aromatic carbocycles. The van der Waals surface area contributed by atoms with Gasteiger partial charge in [-0.05, 0) is 6.42 Å². The van der Waals surface area contributed by atoms with E-state index in [1.165, 1.54) is 24.2 Å². The van der Waals surface area contributed by atoms with Crippen molar-refractivity contribution in [3.8, 4) is 0 Å². The molecule has 0 aliphatic rings. The van der Waals surface area contributed by atoms with E-state index < -0.39 is 22.5 Å². The average molecular weight is 305 g/mol. The fraction of sp³-hybridized carbons (Fsp3) is 0.636. The molecule has 1 rings (SSSR count). The molecule has 0 atom stereocenters. The number of aromatic nitrogens is 2. The zero-order valence-corrected chi connectivity index (χ0v) is 12.3. The van der Waals surface area contributed by atoms with Gasteiger partial charge < -0.3 is 9.84 Å². The molecule has 20 heavy (non-hydrogen) atoms. The largest absolute Gasteiger partial charge is 0.480 e. The highest BCUT2D eigenvalue weighted by atomic mass is 32.2. The topological polar surface area (TPSA) is 102 Å². The highest BCUT2D eigenvalue weighted by Crippen LogP contribution is 2.15. The molecule has 0 radical (unpaired) electrons. The summed E-state index contributed by atoms with van der Waals surface area (Å²) in [5, 5.41) is 12.7. The van der Waals surface area contributed by atoms with Crippen LogP contribution in [0.5, 0.6) is 0 Å². The molecule has 0 aliphatic carbocycles. The monoisotopic (exact) mass is 305 g/mol. The highest BCUT2D eigenvalue weighted by molar-refractivity contribution is 7.89. The summed E-state index contributed by atoms with van der Waals surface area (Å²) in [6.45, 7) is 2.22. The summed E-state index contributed by atoms with van der Waals surface area (Å²) in [6, 6.07) is 0. The minimum absolute atomic E-state index is 0.0108. The highest BCUT2D eigenvalue weighted by Gasteiger charge is 2.27. The molecule has 114 valence electrons. The van der Waals surface area contributed by atoms with Gasteiger partial charge in [0, 0.05) is 19.9 Å². The summed E-state index contributed by atoms with van der Waals surface area (Å²) < 4.78 is 31.9. The summed E-state index contributed by atoms with van der Waals surface area (Å²) in [5.41, 5.74) is 0. The van der Waals surface area contributed by atoms with Crippen LogP contribution in [0.1, 0.15) is 13.3 Å². The number of sulfonamides is 1. The molecule has 0 fully saturated rings. The zero-order valence-electron chi connectivity index (χ0n) is 11.5. The van der Waals surface area contributed by atoms with Crippen molar-refractivity contribution in [1.29, 1.82) is 0 Å². The maximum atomic E-state index is 12.3. The van der Waals surface area contributed by atoms with Crippen LogP contribution in [0, 0.1) is 0 Å². The number of nitrogens with zero attached hydrogens (tertiary/aromatic N) is 3. The maximum absolute atomic E-state index is 12.3. The standard InChI is InChI=1S/C11H19N3O5S/c1-3-4-14(9-11(15)16)20(17,18)10-7-12-13(8-10)5-6-19-2/h7-8H,3-6,9H2,1-2H3,(H,15,16). The molecule has 0 bridgehead atoms. The molecule has 0 saturated carbocycles. The summed E-state index contributed by atoms with van der Waals surface area (Å²) in [4.78, 5) is 10.8. The quantitative estimate of drug-likeness (QED) is 0.690. The second-order valence-corrected chi connectivity index (χ2v) is 6.10. The van der Waals surface area contributed by atoms with Gasteiger partial charge in [-0.1, -0.05) is 6.92 Å². The first-order chi connectivity index (χ1) is 9.41. The first-order valence-corrected chi connectivity index (χ1v) is 7.59. The van der Waals surface area contributed by atoms with Crippen molar-refractivity contribution in [2.45, 2.75) is 24.8 Å². The minimum Gasteiger partial charge on any atom is -0.480 e. The number of hydrogen-bond acceptors (Lipinski definition) is 5. The lowest BCUT2D eigenvalue weighted by molar-refractivity contribution is -0.137. The van der Waals surface area contributed by atoms with E-state index in [1.54, 1.807) is 6.92 Å². The molecule has 0 unspecified atom stereocenters. The van der Waals surface area contributed by atoms with E-state index in [0.717, 1.165) is 4.31 Å². The van der Waals surface area contributed by atoms with Gasteiger partial charge in [-0.3, -0.25) is 9.48 Å². The molecule has 0 aliphatic heterocycles. The Morgan fingerprint density at radius 3 is 2.80 bits per heavy atom. The van der Waals surface area contributed by atoms with Gasteiger partial charge in [-0.25, -0.2) is 8.42 Å². The molecule has 1 aromatic rings. The zero-order chi connectivity index (χ0) is 15.2. The molecule has 1 N–H and O–H groups in total. The lowest BCUT2D eigenvalue weighted by Crippen LogP contribution is -2.36. The Morgan fingerprint density at radius 2 is 2.25 bits per heavy atom. The number of aliphatic carboxylic acids is 1. The molecule has 1 heterocycles. The third kappa shape index (κ3) is 4.29. The number of methoxy groups -OCH3 is 1. The Hall–Kier alpha value is -1.45. The van der Waals surface area contributed by atoms with E-state index in [2.05, 4.69) is 5.10 Å². The van der Waals surface area contributed by atoms with Gasteiger partial charge in [-0.15, -0.1) is 0 Å². The molecule has 9 heteroatoms. The van der Waals surface area contributed by atoms with Crippen LogP contribution in [-0.2, 0) is 26.1 Å². The van der Waals surface area contributed by atoms with Crippen LogP contribution in [-0.4, -0.2) is 60.4 Å². The fourth-order valence-corrected chi connectivity index (χ4v) is 3.06. The Bertz CT molecular complexity index is 540. The summed E-state index contributed by atoms with van der Waals surface area (Å²) in [6.07, 6.45) is 3.12. The first-order valence-electron chi connectivity index (χ1n) is 6.15. The van der Waals surface area contributed by atoms with E-state index in [4.69, 9.17) is 9.84 Å². The number of carboxylic acids is 1. The van der Waals surface area contributed by atoms with Crippen molar-refractivity contribution in [1.82, 2.24) is 14.1 Å². The molecule has 0 saturated heterocycles. The van der Waals surface area contributed by atoms with Crippen LogP contribution >= 0.6 is 0 Å². The summed E-state index contributed by atoms with van der Waals surface area (Å²) >= 11 is 0. The normalized spacial score (nSPS) is 11.9. The van der Waals surface area contributed by atoms with E-state index >= 15 is 0 Å². The third-order valence-electron chi connectivity index (χ3n) is 2.56. The third-order valence-corrected chi connectivity index (χ3v) is 4.35.